The second-order valence-electron chi connectivity index (χ2n) is 9.58. The summed E-state index contributed by atoms with van der Waals surface area (Å²) in [6, 6.07) is 45.2. The summed E-state index contributed by atoms with van der Waals surface area (Å²) >= 11 is 0. The van der Waals surface area contributed by atoms with Gasteiger partial charge in [-0.1, -0.05) is 148 Å². The molecule has 2 nitrogen and oxygen atoms in total. The van der Waals surface area contributed by atoms with Gasteiger partial charge in [-0.25, -0.2) is 0 Å². The molecule has 0 heterocycles. The van der Waals surface area contributed by atoms with E-state index in [1.54, 1.807) is 0 Å². The van der Waals surface area contributed by atoms with Gasteiger partial charge in [-0.2, -0.15) is 0 Å². The minimum absolute atomic E-state index is 0.833. The molecule has 0 bridgehead atoms. The molecule has 0 spiro atoms. The highest BCUT2D eigenvalue weighted by molar-refractivity contribution is 5.86. The maximum Gasteiger partial charge on any atom is 0.300 e. The van der Waals surface area contributed by atoms with Crippen molar-refractivity contribution in [1.82, 2.24) is 0 Å². The summed E-state index contributed by atoms with van der Waals surface area (Å²) in [7, 11) is 0. The van der Waals surface area contributed by atoms with E-state index in [1.807, 2.05) is 0 Å². The Balaban J connectivity index is 0.000000155. The van der Waals surface area contributed by atoms with Crippen LogP contribution in [-0.2, 0) is 24.1 Å². The number of rotatable bonds is 3. The van der Waals surface area contributed by atoms with Crippen molar-refractivity contribution in [2.75, 3.05) is 0 Å². The largest absolute Gasteiger partial charge is 0.481 e. The second-order valence-corrected chi connectivity index (χ2v) is 9.58. The lowest BCUT2D eigenvalue weighted by Crippen LogP contribution is -1.81. The van der Waals surface area contributed by atoms with Gasteiger partial charge in [-0.05, 0) is 68.3 Å². The molecule has 0 fully saturated rings. The number of hydrogen-bond acceptors (Lipinski definition) is 1. The molecule has 40 heavy (non-hydrogen) atoms. The first-order valence-electron chi connectivity index (χ1n) is 14.1. The molecule has 204 valence electrons. The highest BCUT2D eigenvalue weighted by Gasteiger charge is 1.96. The molecule has 0 aromatic heterocycles. The van der Waals surface area contributed by atoms with E-state index in [0.717, 1.165) is 26.2 Å². The Bertz CT molecular complexity index is 1550. The predicted molar refractivity (Wildman–Crippen MR) is 173 cm³/mol. The van der Waals surface area contributed by atoms with E-state index in [2.05, 4.69) is 148 Å². The van der Waals surface area contributed by atoms with E-state index in [1.165, 1.54) is 49.0 Å². The molecular formula is C38H40O2. The highest BCUT2D eigenvalue weighted by Crippen LogP contribution is 2.19. The van der Waals surface area contributed by atoms with E-state index in [-0.39, 0.29) is 0 Å². The van der Waals surface area contributed by atoms with Crippen molar-refractivity contribution in [1.29, 1.82) is 0 Å². The molecule has 6 aromatic carbocycles. The van der Waals surface area contributed by atoms with E-state index in [0.29, 0.717) is 0 Å². The van der Waals surface area contributed by atoms with Gasteiger partial charge in [0.25, 0.3) is 5.97 Å². The molecule has 0 amide bonds. The zero-order valence-electron chi connectivity index (χ0n) is 24.1. The zero-order chi connectivity index (χ0) is 28.7. The molecule has 0 aliphatic heterocycles. The minimum Gasteiger partial charge on any atom is -0.481 e. The fraction of sp³-hybridized carbons (Fsp3) is 0.184. The van der Waals surface area contributed by atoms with Gasteiger partial charge in [0.2, 0.25) is 0 Å². The normalized spacial score (nSPS) is 10.0. The van der Waals surface area contributed by atoms with Gasteiger partial charge in [-0.3, -0.25) is 4.79 Å². The molecule has 6 rings (SSSR count). The van der Waals surface area contributed by atoms with Crippen LogP contribution in [0.2, 0.25) is 0 Å². The van der Waals surface area contributed by atoms with E-state index >= 15 is 0 Å². The Morgan fingerprint density at radius 2 is 0.900 bits per heavy atom. The number of fused-ring (bicyclic) bond motifs is 3. The molecule has 1 N–H and O–H groups in total. The van der Waals surface area contributed by atoms with E-state index < -0.39 is 5.97 Å². The van der Waals surface area contributed by atoms with Crippen molar-refractivity contribution >= 4 is 38.3 Å². The van der Waals surface area contributed by atoms with Gasteiger partial charge < -0.3 is 5.11 Å². The van der Waals surface area contributed by atoms with E-state index in [4.69, 9.17) is 9.90 Å². The maximum atomic E-state index is 9.00. The van der Waals surface area contributed by atoms with Crippen molar-refractivity contribution < 1.29 is 9.90 Å². The average Bonchev–Trinajstić information content (AvgIpc) is 3.00. The molecule has 0 unspecified atom stereocenters. The third kappa shape index (κ3) is 9.10. The summed E-state index contributed by atoms with van der Waals surface area (Å²) in [6.45, 7) is 7.65. The molecule has 0 saturated carbocycles. The molecule has 0 aliphatic carbocycles. The van der Waals surface area contributed by atoms with Crippen LogP contribution >= 0.6 is 0 Å². The van der Waals surface area contributed by atoms with Crippen LogP contribution < -0.4 is 0 Å². The molecule has 2 heteroatoms. The average molecular weight is 529 g/mol. The Kier molecular flexibility index (Phi) is 11.9. The number of aryl methyl sites for hydroxylation is 3. The van der Waals surface area contributed by atoms with Gasteiger partial charge in [0.05, 0.1) is 0 Å². The Morgan fingerprint density at radius 3 is 1.35 bits per heavy atom. The third-order valence-corrected chi connectivity index (χ3v) is 6.71. The van der Waals surface area contributed by atoms with Gasteiger partial charge in [0.15, 0.2) is 0 Å². The summed E-state index contributed by atoms with van der Waals surface area (Å²) in [4.78, 5) is 9.00. The Morgan fingerprint density at radius 1 is 0.500 bits per heavy atom. The Hall–Kier alpha value is -4.43. The SMILES string of the molecule is CC(=O)O.CCc1ccc2ccccc2c1.CCc1ccc2ccccc2c1.CCc1cccc2ccccc12. The van der Waals surface area contributed by atoms with Crippen LogP contribution in [0.15, 0.2) is 127 Å². The fourth-order valence-corrected chi connectivity index (χ4v) is 4.52. The van der Waals surface area contributed by atoms with Crippen LogP contribution in [0.25, 0.3) is 32.3 Å². The number of carbonyl (C=O) groups is 1. The van der Waals surface area contributed by atoms with Crippen molar-refractivity contribution in [3.63, 3.8) is 0 Å². The molecule has 0 atom stereocenters. The van der Waals surface area contributed by atoms with Crippen molar-refractivity contribution in [3.8, 4) is 0 Å². The summed E-state index contributed by atoms with van der Waals surface area (Å²) in [5.74, 6) is -0.833. The first kappa shape index (κ1) is 30.1. The highest BCUT2D eigenvalue weighted by atomic mass is 16.4. The topological polar surface area (TPSA) is 37.3 Å². The van der Waals surface area contributed by atoms with Gasteiger partial charge >= 0.3 is 0 Å². The van der Waals surface area contributed by atoms with Crippen molar-refractivity contribution in [2.45, 2.75) is 47.0 Å². The summed E-state index contributed by atoms with van der Waals surface area (Å²) in [6.07, 6.45) is 3.34. The number of benzene rings is 6. The third-order valence-electron chi connectivity index (χ3n) is 6.71. The van der Waals surface area contributed by atoms with Crippen molar-refractivity contribution in [3.05, 3.63) is 144 Å². The number of hydrogen-bond donors (Lipinski definition) is 1. The monoisotopic (exact) mass is 528 g/mol. The molecule has 0 saturated heterocycles. The Labute approximate surface area is 238 Å². The maximum absolute atomic E-state index is 9.00. The summed E-state index contributed by atoms with van der Waals surface area (Å²) < 4.78 is 0. The van der Waals surface area contributed by atoms with E-state index in [9.17, 15) is 0 Å². The summed E-state index contributed by atoms with van der Waals surface area (Å²) in [5.41, 5.74) is 4.26. The minimum atomic E-state index is -0.833. The lowest BCUT2D eigenvalue weighted by Gasteiger charge is -2.02. The second kappa shape index (κ2) is 15.9. The van der Waals surface area contributed by atoms with Crippen molar-refractivity contribution in [2.24, 2.45) is 0 Å². The van der Waals surface area contributed by atoms with Gasteiger partial charge in [-0.15, -0.1) is 0 Å². The lowest BCUT2D eigenvalue weighted by atomic mass is 10.0. The van der Waals surface area contributed by atoms with Gasteiger partial charge in [0, 0.05) is 6.92 Å². The van der Waals surface area contributed by atoms with Crippen LogP contribution in [0.5, 0.6) is 0 Å². The molecule has 0 aliphatic rings. The predicted octanol–water partition coefficient (Wildman–Crippen LogP) is 10.3. The quantitative estimate of drug-likeness (QED) is 0.248. The first-order chi connectivity index (χ1) is 19.4. The molecule has 6 aromatic rings. The molecular weight excluding hydrogens is 488 g/mol. The summed E-state index contributed by atoms with van der Waals surface area (Å²) in [5, 5.41) is 15.5. The fourth-order valence-electron chi connectivity index (χ4n) is 4.52. The lowest BCUT2D eigenvalue weighted by molar-refractivity contribution is -0.134. The smallest absolute Gasteiger partial charge is 0.300 e. The van der Waals surface area contributed by atoms with Crippen LogP contribution in [0.1, 0.15) is 44.4 Å². The van der Waals surface area contributed by atoms with Gasteiger partial charge in [0.1, 0.15) is 0 Å². The first-order valence-corrected chi connectivity index (χ1v) is 14.1. The van der Waals surface area contributed by atoms with Crippen LogP contribution in [-0.4, -0.2) is 11.1 Å². The molecule has 0 radical (unpaired) electrons. The number of carboxylic acids is 1. The zero-order valence-corrected chi connectivity index (χ0v) is 24.1. The van der Waals surface area contributed by atoms with Crippen LogP contribution in [0.4, 0.5) is 0 Å². The number of carboxylic acid groups (broad SMARTS) is 1. The number of aliphatic carboxylic acids is 1. The standard InChI is InChI=1S/3C12H12.C2H4O2/c1-2-10-7-5-8-11-6-3-4-9-12(10)11;2*1-2-10-7-8-11-5-3-4-6-12(11)9-10;1-2(3)4/h3*3-9H,2H2,1H3;1H3,(H,3,4). The van der Waals surface area contributed by atoms with Crippen LogP contribution in [0, 0.1) is 0 Å². The van der Waals surface area contributed by atoms with Crippen LogP contribution in [0.3, 0.4) is 0 Å².